The second-order valence-corrected chi connectivity index (χ2v) is 7.67. The SMILES string of the molecule is Cc1cccn2c(=O)cc(CSc3nccn3-c3ccc(Br)cc3)nc12. The highest BCUT2D eigenvalue weighted by atomic mass is 79.9. The van der Waals surface area contributed by atoms with Crippen LogP contribution >= 0.6 is 27.7 Å². The van der Waals surface area contributed by atoms with Crippen LogP contribution in [0.25, 0.3) is 11.3 Å². The van der Waals surface area contributed by atoms with Crippen molar-refractivity contribution in [3.63, 3.8) is 0 Å². The number of hydrogen-bond acceptors (Lipinski definition) is 4. The minimum Gasteiger partial charge on any atom is -0.295 e. The van der Waals surface area contributed by atoms with Crippen LogP contribution in [-0.2, 0) is 5.75 Å². The van der Waals surface area contributed by atoms with Crippen molar-refractivity contribution in [1.29, 1.82) is 0 Å². The molecule has 0 radical (unpaired) electrons. The summed E-state index contributed by atoms with van der Waals surface area (Å²) in [5.74, 6) is 0.577. The number of aromatic nitrogens is 4. The molecule has 0 saturated heterocycles. The number of fused-ring (bicyclic) bond motifs is 1. The summed E-state index contributed by atoms with van der Waals surface area (Å²) in [6.45, 7) is 1.96. The van der Waals surface area contributed by atoms with Gasteiger partial charge in [0.05, 0.1) is 5.69 Å². The van der Waals surface area contributed by atoms with E-state index < -0.39 is 0 Å². The lowest BCUT2D eigenvalue weighted by atomic mass is 10.3. The number of pyridine rings is 1. The van der Waals surface area contributed by atoms with Gasteiger partial charge in [-0.05, 0) is 42.8 Å². The number of rotatable bonds is 4. The third-order valence-electron chi connectivity index (χ3n) is 4.00. The van der Waals surface area contributed by atoms with Crippen molar-refractivity contribution in [3.8, 4) is 5.69 Å². The van der Waals surface area contributed by atoms with Gasteiger partial charge in [0, 0.05) is 40.6 Å². The maximum Gasteiger partial charge on any atom is 0.258 e. The van der Waals surface area contributed by atoms with Crippen molar-refractivity contribution in [2.45, 2.75) is 17.8 Å². The first-order valence-corrected chi connectivity index (χ1v) is 9.80. The zero-order valence-electron chi connectivity index (χ0n) is 14.0. The molecule has 130 valence electrons. The number of hydrogen-bond donors (Lipinski definition) is 0. The molecule has 0 unspecified atom stereocenters. The van der Waals surface area contributed by atoms with Crippen LogP contribution in [0.4, 0.5) is 0 Å². The second-order valence-electron chi connectivity index (χ2n) is 5.82. The van der Waals surface area contributed by atoms with E-state index >= 15 is 0 Å². The number of thioether (sulfide) groups is 1. The molecule has 0 aliphatic heterocycles. The number of imidazole rings is 1. The van der Waals surface area contributed by atoms with Gasteiger partial charge >= 0.3 is 0 Å². The van der Waals surface area contributed by atoms with Crippen molar-refractivity contribution >= 4 is 33.3 Å². The van der Waals surface area contributed by atoms with Crippen molar-refractivity contribution in [2.75, 3.05) is 0 Å². The smallest absolute Gasteiger partial charge is 0.258 e. The first-order valence-electron chi connectivity index (χ1n) is 8.02. The average Bonchev–Trinajstić information content (AvgIpc) is 3.10. The minimum absolute atomic E-state index is 0.0643. The largest absolute Gasteiger partial charge is 0.295 e. The summed E-state index contributed by atoms with van der Waals surface area (Å²) < 4.78 is 4.63. The van der Waals surface area contributed by atoms with Gasteiger partial charge in [0.15, 0.2) is 5.16 Å². The quantitative estimate of drug-likeness (QED) is 0.457. The molecule has 0 atom stereocenters. The van der Waals surface area contributed by atoms with Crippen LogP contribution in [0.5, 0.6) is 0 Å². The molecule has 4 rings (SSSR count). The molecule has 0 N–H and O–H groups in total. The van der Waals surface area contributed by atoms with Crippen LogP contribution in [0.15, 0.2) is 75.5 Å². The lowest BCUT2D eigenvalue weighted by Gasteiger charge is -2.08. The molecule has 5 nitrogen and oxygen atoms in total. The summed E-state index contributed by atoms with van der Waals surface area (Å²) in [7, 11) is 0. The highest BCUT2D eigenvalue weighted by Gasteiger charge is 2.09. The van der Waals surface area contributed by atoms with E-state index in [9.17, 15) is 4.79 Å². The monoisotopic (exact) mass is 426 g/mol. The Labute approximate surface area is 162 Å². The van der Waals surface area contributed by atoms with Crippen molar-refractivity contribution < 1.29 is 0 Å². The number of nitrogens with zero attached hydrogens (tertiary/aromatic N) is 4. The lowest BCUT2D eigenvalue weighted by Crippen LogP contribution is -2.15. The molecule has 3 heterocycles. The minimum atomic E-state index is -0.0643. The second kappa shape index (κ2) is 7.09. The Hall–Kier alpha value is -2.38. The number of aryl methyl sites for hydroxylation is 1. The highest BCUT2D eigenvalue weighted by Crippen LogP contribution is 2.24. The maximum absolute atomic E-state index is 12.3. The molecule has 0 amide bonds. The van der Waals surface area contributed by atoms with E-state index in [4.69, 9.17) is 0 Å². The van der Waals surface area contributed by atoms with Gasteiger partial charge in [0.1, 0.15) is 5.65 Å². The van der Waals surface area contributed by atoms with Gasteiger partial charge in [-0.1, -0.05) is 33.8 Å². The third kappa shape index (κ3) is 3.32. The normalized spacial score (nSPS) is 11.2. The molecular weight excluding hydrogens is 412 g/mol. The number of benzene rings is 1. The molecule has 0 fully saturated rings. The molecule has 0 saturated carbocycles. The Bertz CT molecular complexity index is 1130. The van der Waals surface area contributed by atoms with E-state index in [0.29, 0.717) is 11.4 Å². The van der Waals surface area contributed by atoms with Crippen LogP contribution in [0.3, 0.4) is 0 Å². The third-order valence-corrected chi connectivity index (χ3v) is 5.53. The van der Waals surface area contributed by atoms with E-state index in [0.717, 1.165) is 26.6 Å². The lowest BCUT2D eigenvalue weighted by molar-refractivity contribution is 0.893. The molecule has 1 aromatic carbocycles. The molecule has 4 aromatic rings. The molecule has 26 heavy (non-hydrogen) atoms. The first-order chi connectivity index (χ1) is 12.6. The van der Waals surface area contributed by atoms with E-state index in [1.165, 1.54) is 0 Å². The fourth-order valence-corrected chi connectivity index (χ4v) is 3.85. The summed E-state index contributed by atoms with van der Waals surface area (Å²) in [5, 5.41) is 0.860. The van der Waals surface area contributed by atoms with Crippen LogP contribution in [-0.4, -0.2) is 18.9 Å². The Morgan fingerprint density at radius 3 is 2.77 bits per heavy atom. The van der Waals surface area contributed by atoms with Crippen molar-refractivity contribution in [1.82, 2.24) is 18.9 Å². The Morgan fingerprint density at radius 2 is 1.96 bits per heavy atom. The van der Waals surface area contributed by atoms with Gasteiger partial charge in [-0.15, -0.1) is 0 Å². The van der Waals surface area contributed by atoms with Crippen LogP contribution < -0.4 is 5.56 Å². The van der Waals surface area contributed by atoms with Gasteiger partial charge in [-0.25, -0.2) is 9.97 Å². The molecule has 7 heteroatoms. The molecule has 0 spiro atoms. The Morgan fingerprint density at radius 1 is 1.15 bits per heavy atom. The van der Waals surface area contributed by atoms with E-state index in [-0.39, 0.29) is 5.56 Å². The summed E-state index contributed by atoms with van der Waals surface area (Å²) in [6.07, 6.45) is 5.45. The average molecular weight is 427 g/mol. The Balaban J connectivity index is 1.62. The molecule has 0 aliphatic carbocycles. The van der Waals surface area contributed by atoms with Crippen LogP contribution in [0.2, 0.25) is 0 Å². The van der Waals surface area contributed by atoms with E-state index in [2.05, 4.69) is 25.9 Å². The Kier molecular flexibility index (Phi) is 4.65. The highest BCUT2D eigenvalue weighted by molar-refractivity contribution is 9.10. The maximum atomic E-state index is 12.3. The van der Waals surface area contributed by atoms with Gasteiger partial charge in [-0.2, -0.15) is 0 Å². The fraction of sp³-hybridized carbons (Fsp3) is 0.105. The first kappa shape index (κ1) is 17.1. The van der Waals surface area contributed by atoms with E-state index in [1.54, 1.807) is 34.6 Å². The van der Waals surface area contributed by atoms with Crippen LogP contribution in [0, 0.1) is 6.92 Å². The summed E-state index contributed by atoms with van der Waals surface area (Å²) in [6, 6.07) is 13.5. The summed E-state index contributed by atoms with van der Waals surface area (Å²) in [5.41, 5.74) is 3.40. The standard InChI is InChI=1S/C19H15BrN4OS/c1-13-3-2-9-24-17(25)11-15(22-18(13)24)12-26-19-21-8-10-23(19)16-6-4-14(20)5-7-16/h2-11H,12H2,1H3. The van der Waals surface area contributed by atoms with Gasteiger partial charge < -0.3 is 0 Å². The van der Waals surface area contributed by atoms with Gasteiger partial charge in [-0.3, -0.25) is 13.8 Å². The summed E-state index contributed by atoms with van der Waals surface area (Å²) in [4.78, 5) is 21.4. The number of halogens is 1. The predicted octanol–water partition coefficient (Wildman–Crippen LogP) is 4.24. The van der Waals surface area contributed by atoms with Crippen molar-refractivity contribution in [2.24, 2.45) is 0 Å². The molecule has 3 aromatic heterocycles. The zero-order chi connectivity index (χ0) is 18.1. The molecule has 0 aliphatic rings. The van der Waals surface area contributed by atoms with Gasteiger partial charge in [0.2, 0.25) is 0 Å². The van der Waals surface area contributed by atoms with Crippen molar-refractivity contribution in [3.05, 3.63) is 87.1 Å². The van der Waals surface area contributed by atoms with Crippen LogP contribution in [0.1, 0.15) is 11.3 Å². The predicted molar refractivity (Wildman–Crippen MR) is 107 cm³/mol. The zero-order valence-corrected chi connectivity index (χ0v) is 16.4. The fourth-order valence-electron chi connectivity index (χ4n) is 2.72. The topological polar surface area (TPSA) is 52.2 Å². The van der Waals surface area contributed by atoms with E-state index in [1.807, 2.05) is 54.1 Å². The molecule has 0 bridgehead atoms. The molecular formula is C19H15BrN4OS. The summed E-state index contributed by atoms with van der Waals surface area (Å²) >= 11 is 5.01. The van der Waals surface area contributed by atoms with Gasteiger partial charge in [0.25, 0.3) is 5.56 Å².